The Morgan fingerprint density at radius 2 is 2.31 bits per heavy atom. The molecule has 1 heterocycles. The number of amides is 1. The van der Waals surface area contributed by atoms with E-state index in [4.69, 9.17) is 4.74 Å². The summed E-state index contributed by atoms with van der Waals surface area (Å²) in [6.07, 6.45) is 1.29. The largest absolute Gasteiger partial charge is 0.494 e. The second kappa shape index (κ2) is 4.51. The van der Waals surface area contributed by atoms with Crippen LogP contribution < -0.4 is 9.64 Å². The third-order valence-corrected chi connectivity index (χ3v) is 2.59. The molecule has 0 atom stereocenters. The minimum atomic E-state index is -0.376. The number of hydrogen-bond acceptors (Lipinski definition) is 2. The topological polar surface area (TPSA) is 29.5 Å². The van der Waals surface area contributed by atoms with E-state index in [0.717, 1.165) is 6.42 Å². The number of nitrogens with zero attached hydrogens (tertiary/aromatic N) is 1. The first-order valence-corrected chi connectivity index (χ1v) is 5.45. The molecule has 0 bridgehead atoms. The maximum absolute atomic E-state index is 13.6. The predicted molar refractivity (Wildman–Crippen MR) is 59.2 cm³/mol. The van der Waals surface area contributed by atoms with Crippen molar-refractivity contribution < 1.29 is 13.9 Å². The summed E-state index contributed by atoms with van der Waals surface area (Å²) in [6.45, 7) is 2.98. The Labute approximate surface area is 93.8 Å². The molecule has 86 valence electrons. The Morgan fingerprint density at radius 1 is 1.50 bits per heavy atom. The lowest BCUT2D eigenvalue weighted by atomic mass is 10.2. The highest BCUT2D eigenvalue weighted by Crippen LogP contribution is 2.28. The lowest BCUT2D eigenvalue weighted by molar-refractivity contribution is -0.117. The Morgan fingerprint density at radius 3 is 2.94 bits per heavy atom. The smallest absolute Gasteiger partial charge is 0.227 e. The van der Waals surface area contributed by atoms with Crippen LogP contribution in [-0.2, 0) is 4.79 Å². The molecule has 3 nitrogen and oxygen atoms in total. The lowest BCUT2D eigenvalue weighted by Crippen LogP contribution is -2.24. The quantitative estimate of drug-likeness (QED) is 0.787. The molecule has 1 aromatic carbocycles. The summed E-state index contributed by atoms with van der Waals surface area (Å²) in [5.41, 5.74) is 0.327. The zero-order chi connectivity index (χ0) is 11.5. The Balaban J connectivity index is 2.31. The molecule has 1 aliphatic rings. The van der Waals surface area contributed by atoms with Gasteiger partial charge in [-0.25, -0.2) is 4.39 Å². The molecule has 1 aliphatic heterocycles. The number of carbonyl (C=O) groups excluding carboxylic acids is 1. The average Bonchev–Trinajstić information content (AvgIpc) is 2.68. The summed E-state index contributed by atoms with van der Waals surface area (Å²) in [4.78, 5) is 13.0. The van der Waals surface area contributed by atoms with E-state index in [1.54, 1.807) is 12.1 Å². The van der Waals surface area contributed by atoms with Gasteiger partial charge in [-0.1, -0.05) is 0 Å². The van der Waals surface area contributed by atoms with Crippen molar-refractivity contribution in [3.8, 4) is 5.75 Å². The molecule has 1 aromatic rings. The first kappa shape index (κ1) is 10.9. The van der Waals surface area contributed by atoms with E-state index in [-0.39, 0.29) is 11.7 Å². The van der Waals surface area contributed by atoms with Crippen LogP contribution in [0.1, 0.15) is 19.8 Å². The van der Waals surface area contributed by atoms with Gasteiger partial charge < -0.3 is 9.64 Å². The van der Waals surface area contributed by atoms with Crippen LogP contribution in [0.2, 0.25) is 0 Å². The van der Waals surface area contributed by atoms with E-state index in [9.17, 15) is 9.18 Å². The van der Waals surface area contributed by atoms with Gasteiger partial charge in [0.15, 0.2) is 0 Å². The number of halogens is 1. The molecule has 1 amide bonds. The van der Waals surface area contributed by atoms with Gasteiger partial charge in [0, 0.05) is 19.0 Å². The van der Waals surface area contributed by atoms with Crippen LogP contribution in [0.3, 0.4) is 0 Å². The third-order valence-electron chi connectivity index (χ3n) is 2.59. The fourth-order valence-electron chi connectivity index (χ4n) is 1.86. The molecule has 0 unspecified atom stereocenters. The molecule has 16 heavy (non-hydrogen) atoms. The number of carbonyl (C=O) groups is 1. The second-order valence-corrected chi connectivity index (χ2v) is 3.70. The number of benzene rings is 1. The van der Waals surface area contributed by atoms with Gasteiger partial charge in [0.25, 0.3) is 0 Å². The highest BCUT2D eigenvalue weighted by Gasteiger charge is 2.24. The van der Waals surface area contributed by atoms with Gasteiger partial charge in [-0.05, 0) is 25.5 Å². The molecular formula is C12H14FNO2. The van der Waals surface area contributed by atoms with E-state index >= 15 is 0 Å². The van der Waals surface area contributed by atoms with Crippen LogP contribution in [0, 0.1) is 5.82 Å². The molecule has 0 N–H and O–H groups in total. The van der Waals surface area contributed by atoms with Crippen molar-refractivity contribution >= 4 is 11.6 Å². The van der Waals surface area contributed by atoms with Crippen LogP contribution in [0.25, 0.3) is 0 Å². The minimum Gasteiger partial charge on any atom is -0.494 e. The van der Waals surface area contributed by atoms with E-state index in [2.05, 4.69) is 0 Å². The van der Waals surface area contributed by atoms with Crippen molar-refractivity contribution in [2.24, 2.45) is 0 Å². The first-order valence-electron chi connectivity index (χ1n) is 5.45. The predicted octanol–water partition coefficient (Wildman–Crippen LogP) is 2.35. The van der Waals surface area contributed by atoms with Crippen LogP contribution >= 0.6 is 0 Å². The second-order valence-electron chi connectivity index (χ2n) is 3.70. The summed E-state index contributed by atoms with van der Waals surface area (Å²) in [6, 6.07) is 4.50. The molecule has 0 radical (unpaired) electrons. The van der Waals surface area contributed by atoms with E-state index < -0.39 is 0 Å². The Bertz CT molecular complexity index is 406. The number of rotatable bonds is 3. The van der Waals surface area contributed by atoms with Gasteiger partial charge in [0.1, 0.15) is 11.6 Å². The Hall–Kier alpha value is -1.58. The third kappa shape index (κ3) is 2.01. The monoisotopic (exact) mass is 223 g/mol. The fourth-order valence-corrected chi connectivity index (χ4v) is 1.86. The maximum atomic E-state index is 13.6. The number of hydrogen-bond donors (Lipinski definition) is 0. The normalized spacial score (nSPS) is 15.6. The molecule has 0 aromatic heterocycles. The van der Waals surface area contributed by atoms with Crippen molar-refractivity contribution in [2.75, 3.05) is 18.1 Å². The van der Waals surface area contributed by atoms with Crippen molar-refractivity contribution in [3.05, 3.63) is 24.0 Å². The summed E-state index contributed by atoms with van der Waals surface area (Å²) in [7, 11) is 0. The van der Waals surface area contributed by atoms with Gasteiger partial charge >= 0.3 is 0 Å². The van der Waals surface area contributed by atoms with Crippen molar-refractivity contribution in [1.29, 1.82) is 0 Å². The van der Waals surface area contributed by atoms with E-state index in [1.165, 1.54) is 11.0 Å². The highest BCUT2D eigenvalue weighted by atomic mass is 19.1. The molecule has 0 saturated carbocycles. The zero-order valence-electron chi connectivity index (χ0n) is 9.20. The standard InChI is InChI=1S/C12H14FNO2/c1-2-16-9-5-6-10(13)11(8-9)14-7-3-4-12(14)15/h5-6,8H,2-4,7H2,1H3. The summed E-state index contributed by atoms with van der Waals surface area (Å²) >= 11 is 0. The molecule has 2 rings (SSSR count). The van der Waals surface area contributed by atoms with Crippen molar-refractivity contribution in [2.45, 2.75) is 19.8 Å². The van der Waals surface area contributed by atoms with Gasteiger partial charge in [0.05, 0.1) is 12.3 Å². The van der Waals surface area contributed by atoms with Gasteiger partial charge in [-0.15, -0.1) is 0 Å². The average molecular weight is 223 g/mol. The summed E-state index contributed by atoms with van der Waals surface area (Å²) < 4.78 is 18.9. The maximum Gasteiger partial charge on any atom is 0.227 e. The minimum absolute atomic E-state index is 0.0208. The van der Waals surface area contributed by atoms with Crippen LogP contribution in [0.15, 0.2) is 18.2 Å². The zero-order valence-corrected chi connectivity index (χ0v) is 9.20. The lowest BCUT2D eigenvalue weighted by Gasteiger charge is -2.17. The van der Waals surface area contributed by atoms with Gasteiger partial charge in [-0.2, -0.15) is 0 Å². The van der Waals surface area contributed by atoms with E-state index in [0.29, 0.717) is 31.0 Å². The Kier molecular flexibility index (Phi) is 3.08. The number of ether oxygens (including phenoxy) is 1. The highest BCUT2D eigenvalue weighted by molar-refractivity contribution is 5.95. The molecular weight excluding hydrogens is 209 g/mol. The SMILES string of the molecule is CCOc1ccc(F)c(N2CCCC2=O)c1. The first-order chi connectivity index (χ1) is 7.72. The van der Waals surface area contributed by atoms with E-state index in [1.807, 2.05) is 6.92 Å². The molecule has 1 fully saturated rings. The summed E-state index contributed by atoms with van der Waals surface area (Å²) in [5, 5.41) is 0. The van der Waals surface area contributed by atoms with Gasteiger partial charge in [-0.3, -0.25) is 4.79 Å². The van der Waals surface area contributed by atoms with Crippen LogP contribution in [0.4, 0.5) is 10.1 Å². The van der Waals surface area contributed by atoms with Crippen LogP contribution in [-0.4, -0.2) is 19.1 Å². The molecule has 1 saturated heterocycles. The van der Waals surface area contributed by atoms with Crippen LogP contribution in [0.5, 0.6) is 5.75 Å². The summed E-state index contributed by atoms with van der Waals surface area (Å²) in [5.74, 6) is 0.199. The molecule has 0 spiro atoms. The van der Waals surface area contributed by atoms with Gasteiger partial charge in [0.2, 0.25) is 5.91 Å². The van der Waals surface area contributed by atoms with Crippen molar-refractivity contribution in [1.82, 2.24) is 0 Å². The number of anilines is 1. The molecule has 4 heteroatoms. The van der Waals surface area contributed by atoms with Crippen molar-refractivity contribution in [3.63, 3.8) is 0 Å². The fraction of sp³-hybridized carbons (Fsp3) is 0.417. The molecule has 0 aliphatic carbocycles.